The van der Waals surface area contributed by atoms with Crippen LogP contribution in [0.3, 0.4) is 0 Å². The van der Waals surface area contributed by atoms with E-state index in [0.717, 1.165) is 32.1 Å². The summed E-state index contributed by atoms with van der Waals surface area (Å²) < 4.78 is 0. The fourth-order valence-electron chi connectivity index (χ4n) is 3.08. The van der Waals surface area contributed by atoms with Gasteiger partial charge in [-0.05, 0) is 38.7 Å². The molecule has 0 atom stereocenters. The van der Waals surface area contributed by atoms with E-state index in [2.05, 4.69) is 10.6 Å². The quantitative estimate of drug-likeness (QED) is 0.621. The molecule has 4 nitrogen and oxygen atoms in total. The van der Waals surface area contributed by atoms with Gasteiger partial charge in [0.1, 0.15) is 5.41 Å². The van der Waals surface area contributed by atoms with Gasteiger partial charge in [-0.3, -0.25) is 9.59 Å². The standard InChI is InChI=1S/C20H30N2O2/c1-20(2,19(24)22-17-12-8-3-4-9-13-17)18(23)21-15-14-16-10-6-5-7-11-16/h5-7,10-11,17H,3-4,8-9,12-15H2,1-2H3,(H,21,23)(H,22,24). The zero-order chi connectivity index (χ0) is 17.4. The summed E-state index contributed by atoms with van der Waals surface area (Å²) in [6.45, 7) is 3.96. The highest BCUT2D eigenvalue weighted by molar-refractivity contribution is 6.04. The molecule has 2 rings (SSSR count). The molecule has 4 heteroatoms. The lowest BCUT2D eigenvalue weighted by Crippen LogP contribution is -2.50. The van der Waals surface area contributed by atoms with Gasteiger partial charge in [-0.15, -0.1) is 0 Å². The fourth-order valence-corrected chi connectivity index (χ4v) is 3.08. The van der Waals surface area contributed by atoms with Crippen LogP contribution in [0, 0.1) is 5.41 Å². The Bertz CT molecular complexity index is 532. The molecule has 24 heavy (non-hydrogen) atoms. The number of amides is 2. The molecule has 0 aromatic heterocycles. The Morgan fingerprint density at radius 1 is 1.00 bits per heavy atom. The van der Waals surface area contributed by atoms with Crippen molar-refractivity contribution in [1.29, 1.82) is 0 Å². The molecule has 0 saturated heterocycles. The number of nitrogens with one attached hydrogen (secondary N) is 2. The summed E-state index contributed by atoms with van der Waals surface area (Å²) in [5.74, 6) is -0.365. The summed E-state index contributed by atoms with van der Waals surface area (Å²) in [6, 6.07) is 10.2. The Morgan fingerprint density at radius 2 is 1.62 bits per heavy atom. The van der Waals surface area contributed by atoms with Gasteiger partial charge >= 0.3 is 0 Å². The van der Waals surface area contributed by atoms with Crippen LogP contribution in [-0.4, -0.2) is 24.4 Å². The zero-order valence-corrected chi connectivity index (χ0v) is 14.9. The van der Waals surface area contributed by atoms with E-state index in [1.54, 1.807) is 13.8 Å². The SMILES string of the molecule is CC(C)(C(=O)NCCc1ccccc1)C(=O)NC1CCCCCC1. The van der Waals surface area contributed by atoms with Gasteiger partial charge in [0, 0.05) is 12.6 Å². The molecular weight excluding hydrogens is 300 g/mol. The van der Waals surface area contributed by atoms with Gasteiger partial charge in [0.2, 0.25) is 11.8 Å². The summed E-state index contributed by atoms with van der Waals surface area (Å²) in [6.07, 6.45) is 7.64. The van der Waals surface area contributed by atoms with Crippen LogP contribution in [0.2, 0.25) is 0 Å². The Kier molecular flexibility index (Phi) is 6.83. The first-order valence-electron chi connectivity index (χ1n) is 9.13. The molecule has 1 aliphatic rings. The van der Waals surface area contributed by atoms with E-state index in [1.165, 1.54) is 18.4 Å². The minimum atomic E-state index is -1.04. The maximum Gasteiger partial charge on any atom is 0.235 e. The maximum absolute atomic E-state index is 12.5. The van der Waals surface area contributed by atoms with Crippen LogP contribution in [0.4, 0.5) is 0 Å². The van der Waals surface area contributed by atoms with Crippen LogP contribution in [-0.2, 0) is 16.0 Å². The summed E-state index contributed by atoms with van der Waals surface area (Å²) in [5.41, 5.74) is 0.140. The second kappa shape index (κ2) is 8.86. The molecule has 0 unspecified atom stereocenters. The number of carbonyl (C=O) groups is 2. The van der Waals surface area contributed by atoms with E-state index >= 15 is 0 Å². The van der Waals surface area contributed by atoms with Crippen molar-refractivity contribution in [1.82, 2.24) is 10.6 Å². The first-order valence-corrected chi connectivity index (χ1v) is 9.13. The minimum Gasteiger partial charge on any atom is -0.355 e. The average Bonchev–Trinajstić information content (AvgIpc) is 2.84. The Hall–Kier alpha value is -1.84. The first kappa shape index (κ1) is 18.5. The highest BCUT2D eigenvalue weighted by Crippen LogP contribution is 2.20. The van der Waals surface area contributed by atoms with Crippen LogP contribution < -0.4 is 10.6 Å². The lowest BCUT2D eigenvalue weighted by molar-refractivity contribution is -0.141. The lowest BCUT2D eigenvalue weighted by atomic mass is 9.90. The van der Waals surface area contributed by atoms with Gasteiger partial charge in [0.05, 0.1) is 0 Å². The van der Waals surface area contributed by atoms with Crippen molar-refractivity contribution in [2.75, 3.05) is 6.54 Å². The van der Waals surface area contributed by atoms with E-state index in [1.807, 2.05) is 30.3 Å². The summed E-state index contributed by atoms with van der Waals surface area (Å²) in [4.78, 5) is 25.0. The number of benzene rings is 1. The Labute approximate surface area is 145 Å². The number of carbonyl (C=O) groups excluding carboxylic acids is 2. The second-order valence-corrected chi connectivity index (χ2v) is 7.28. The molecule has 0 spiro atoms. The van der Waals surface area contributed by atoms with Crippen molar-refractivity contribution >= 4 is 11.8 Å². The first-order chi connectivity index (χ1) is 11.5. The number of rotatable bonds is 6. The molecule has 1 aromatic carbocycles. The molecule has 1 aliphatic carbocycles. The van der Waals surface area contributed by atoms with Crippen molar-refractivity contribution in [2.24, 2.45) is 5.41 Å². The van der Waals surface area contributed by atoms with Crippen molar-refractivity contribution < 1.29 is 9.59 Å². The monoisotopic (exact) mass is 330 g/mol. The predicted octanol–water partition coefficient (Wildman–Crippen LogP) is 3.21. The van der Waals surface area contributed by atoms with Crippen molar-refractivity contribution in [3.05, 3.63) is 35.9 Å². The molecular formula is C20H30N2O2. The molecule has 0 bridgehead atoms. The molecule has 1 fully saturated rings. The van der Waals surface area contributed by atoms with Gasteiger partial charge in [-0.25, -0.2) is 0 Å². The normalized spacial score (nSPS) is 16.2. The van der Waals surface area contributed by atoms with E-state index < -0.39 is 5.41 Å². The predicted molar refractivity (Wildman–Crippen MR) is 96.6 cm³/mol. The van der Waals surface area contributed by atoms with Gasteiger partial charge in [0.15, 0.2) is 0 Å². The summed E-state index contributed by atoms with van der Waals surface area (Å²) in [5, 5.41) is 5.99. The molecule has 132 valence electrons. The Morgan fingerprint density at radius 3 is 2.25 bits per heavy atom. The molecule has 1 aromatic rings. The van der Waals surface area contributed by atoms with Crippen molar-refractivity contribution in [3.8, 4) is 0 Å². The third-order valence-corrected chi connectivity index (χ3v) is 4.87. The van der Waals surface area contributed by atoms with E-state index in [-0.39, 0.29) is 17.9 Å². The molecule has 0 heterocycles. The smallest absolute Gasteiger partial charge is 0.235 e. The molecule has 2 N–H and O–H groups in total. The average molecular weight is 330 g/mol. The highest BCUT2D eigenvalue weighted by atomic mass is 16.2. The van der Waals surface area contributed by atoms with Gasteiger partial charge in [0.25, 0.3) is 0 Å². The van der Waals surface area contributed by atoms with E-state index in [0.29, 0.717) is 6.54 Å². The topological polar surface area (TPSA) is 58.2 Å². The molecule has 0 radical (unpaired) electrons. The van der Waals surface area contributed by atoms with Crippen LogP contribution in [0.5, 0.6) is 0 Å². The minimum absolute atomic E-state index is 0.161. The van der Waals surface area contributed by atoms with Gasteiger partial charge in [-0.1, -0.05) is 56.0 Å². The maximum atomic E-state index is 12.5. The fraction of sp³-hybridized carbons (Fsp3) is 0.600. The van der Waals surface area contributed by atoms with Crippen LogP contribution in [0.1, 0.15) is 57.9 Å². The third-order valence-electron chi connectivity index (χ3n) is 4.87. The summed E-state index contributed by atoms with van der Waals surface area (Å²) >= 11 is 0. The lowest BCUT2D eigenvalue weighted by Gasteiger charge is -2.26. The van der Waals surface area contributed by atoms with Crippen molar-refractivity contribution in [3.63, 3.8) is 0 Å². The van der Waals surface area contributed by atoms with Crippen LogP contribution in [0.15, 0.2) is 30.3 Å². The van der Waals surface area contributed by atoms with Gasteiger partial charge < -0.3 is 10.6 Å². The molecule has 1 saturated carbocycles. The zero-order valence-electron chi connectivity index (χ0n) is 14.9. The number of hydrogen-bond acceptors (Lipinski definition) is 2. The third kappa shape index (κ3) is 5.36. The number of hydrogen-bond donors (Lipinski definition) is 2. The Balaban J connectivity index is 1.80. The molecule has 2 amide bonds. The van der Waals surface area contributed by atoms with Crippen LogP contribution >= 0.6 is 0 Å². The second-order valence-electron chi connectivity index (χ2n) is 7.28. The van der Waals surface area contributed by atoms with Crippen LogP contribution in [0.25, 0.3) is 0 Å². The van der Waals surface area contributed by atoms with Gasteiger partial charge in [-0.2, -0.15) is 0 Å². The largest absolute Gasteiger partial charge is 0.355 e. The van der Waals surface area contributed by atoms with Crippen molar-refractivity contribution in [2.45, 2.75) is 64.8 Å². The van der Waals surface area contributed by atoms with E-state index in [9.17, 15) is 9.59 Å². The highest BCUT2D eigenvalue weighted by Gasteiger charge is 2.36. The summed E-state index contributed by atoms with van der Waals surface area (Å²) in [7, 11) is 0. The molecule has 0 aliphatic heterocycles. The van der Waals surface area contributed by atoms with E-state index in [4.69, 9.17) is 0 Å².